The van der Waals surface area contributed by atoms with Crippen LogP contribution in [0.15, 0.2) is 6.20 Å². The Balaban J connectivity index is 2.10. The van der Waals surface area contributed by atoms with Gasteiger partial charge < -0.3 is 5.73 Å². The van der Waals surface area contributed by atoms with Gasteiger partial charge in [-0.05, 0) is 18.8 Å². The second kappa shape index (κ2) is 4.53. The van der Waals surface area contributed by atoms with Crippen LogP contribution in [0.1, 0.15) is 44.7 Å². The van der Waals surface area contributed by atoms with Crippen LogP contribution in [0.5, 0.6) is 0 Å². The number of hydrogen-bond donors (Lipinski definition) is 1. The molecule has 16 heavy (non-hydrogen) atoms. The number of nitrogens with two attached hydrogens (primary N) is 1. The normalized spacial score (nSPS) is 30.6. The molecule has 0 spiro atoms. The van der Waals surface area contributed by atoms with E-state index in [9.17, 15) is 0 Å². The monoisotopic (exact) mass is 222 g/mol. The minimum Gasteiger partial charge on any atom is -0.324 e. The Morgan fingerprint density at radius 3 is 3.00 bits per heavy atom. The van der Waals surface area contributed by atoms with Gasteiger partial charge in [0.05, 0.1) is 5.69 Å². The smallest absolute Gasteiger partial charge is 0.0845 e. The van der Waals surface area contributed by atoms with Gasteiger partial charge in [0, 0.05) is 25.2 Å². The third-order valence-corrected chi connectivity index (χ3v) is 3.91. The van der Waals surface area contributed by atoms with E-state index in [4.69, 9.17) is 5.73 Å². The molecule has 2 unspecified atom stereocenters. The van der Waals surface area contributed by atoms with E-state index in [0.29, 0.717) is 5.92 Å². The average molecular weight is 222 g/mol. The summed E-state index contributed by atoms with van der Waals surface area (Å²) in [6.45, 7) is 2.24. The van der Waals surface area contributed by atoms with Gasteiger partial charge in [0.1, 0.15) is 0 Å². The van der Waals surface area contributed by atoms with Crippen molar-refractivity contribution in [3.63, 3.8) is 0 Å². The summed E-state index contributed by atoms with van der Waals surface area (Å²) >= 11 is 0. The SMILES string of the molecule is CCC1CCCCC1(N)Cc1cn(C)nn1. The first-order valence-corrected chi connectivity index (χ1v) is 6.28. The van der Waals surface area contributed by atoms with Gasteiger partial charge in [-0.15, -0.1) is 5.10 Å². The van der Waals surface area contributed by atoms with Gasteiger partial charge in [0.25, 0.3) is 0 Å². The zero-order valence-electron chi connectivity index (χ0n) is 10.3. The summed E-state index contributed by atoms with van der Waals surface area (Å²) in [7, 11) is 1.90. The highest BCUT2D eigenvalue weighted by molar-refractivity contribution is 5.05. The first-order chi connectivity index (χ1) is 7.64. The Hall–Kier alpha value is -0.900. The van der Waals surface area contributed by atoms with Crippen molar-refractivity contribution in [2.75, 3.05) is 0 Å². The lowest BCUT2D eigenvalue weighted by molar-refractivity contribution is 0.181. The lowest BCUT2D eigenvalue weighted by Gasteiger charge is -2.40. The Kier molecular flexibility index (Phi) is 3.28. The van der Waals surface area contributed by atoms with Gasteiger partial charge >= 0.3 is 0 Å². The van der Waals surface area contributed by atoms with Gasteiger partial charge in [0.15, 0.2) is 0 Å². The number of nitrogens with zero attached hydrogens (tertiary/aromatic N) is 3. The van der Waals surface area contributed by atoms with Gasteiger partial charge in [0.2, 0.25) is 0 Å². The van der Waals surface area contributed by atoms with E-state index in [1.54, 1.807) is 4.68 Å². The summed E-state index contributed by atoms with van der Waals surface area (Å²) in [5, 5.41) is 8.13. The van der Waals surface area contributed by atoms with Crippen LogP contribution in [0.25, 0.3) is 0 Å². The van der Waals surface area contributed by atoms with E-state index in [1.165, 1.54) is 25.7 Å². The molecule has 90 valence electrons. The Morgan fingerprint density at radius 1 is 1.56 bits per heavy atom. The van der Waals surface area contributed by atoms with E-state index >= 15 is 0 Å². The second-order valence-electron chi connectivity index (χ2n) is 5.14. The molecule has 4 nitrogen and oxygen atoms in total. The van der Waals surface area contributed by atoms with Gasteiger partial charge in [-0.25, -0.2) is 0 Å². The van der Waals surface area contributed by atoms with Crippen molar-refractivity contribution in [1.82, 2.24) is 15.0 Å². The molecule has 0 radical (unpaired) electrons. The summed E-state index contributed by atoms with van der Waals surface area (Å²) in [6, 6.07) is 0. The molecule has 1 aromatic heterocycles. The standard InChI is InChI=1S/C12H22N4/c1-3-10-6-4-5-7-12(10,13)8-11-9-16(2)15-14-11/h9-10H,3-8,13H2,1-2H3. The van der Waals surface area contributed by atoms with Crippen LogP contribution >= 0.6 is 0 Å². The number of hydrogen-bond acceptors (Lipinski definition) is 3. The molecule has 2 atom stereocenters. The van der Waals surface area contributed by atoms with Gasteiger partial charge in [-0.2, -0.15) is 0 Å². The molecule has 4 heteroatoms. The van der Waals surface area contributed by atoms with Crippen molar-refractivity contribution in [2.45, 2.75) is 51.0 Å². The van der Waals surface area contributed by atoms with Crippen molar-refractivity contribution in [2.24, 2.45) is 18.7 Å². The van der Waals surface area contributed by atoms with E-state index in [-0.39, 0.29) is 5.54 Å². The minimum atomic E-state index is -0.0525. The van der Waals surface area contributed by atoms with Crippen LogP contribution in [0.4, 0.5) is 0 Å². The van der Waals surface area contributed by atoms with E-state index in [1.807, 2.05) is 13.2 Å². The van der Waals surface area contributed by atoms with Crippen molar-refractivity contribution in [3.8, 4) is 0 Å². The van der Waals surface area contributed by atoms with E-state index < -0.39 is 0 Å². The van der Waals surface area contributed by atoms with Crippen LogP contribution in [0.2, 0.25) is 0 Å². The second-order valence-corrected chi connectivity index (χ2v) is 5.14. The van der Waals surface area contributed by atoms with Gasteiger partial charge in [-0.1, -0.05) is 31.4 Å². The topological polar surface area (TPSA) is 56.7 Å². The molecule has 2 rings (SSSR count). The lowest BCUT2D eigenvalue weighted by atomic mass is 9.70. The maximum atomic E-state index is 6.58. The fourth-order valence-electron chi connectivity index (χ4n) is 2.99. The van der Waals surface area contributed by atoms with Crippen molar-refractivity contribution >= 4 is 0 Å². The molecule has 0 amide bonds. The molecule has 2 N–H and O–H groups in total. The van der Waals surface area contributed by atoms with Crippen LogP contribution < -0.4 is 5.73 Å². The zero-order valence-corrected chi connectivity index (χ0v) is 10.3. The summed E-state index contributed by atoms with van der Waals surface area (Å²) in [5.41, 5.74) is 7.56. The molecule has 0 aliphatic heterocycles. The van der Waals surface area contributed by atoms with Crippen molar-refractivity contribution < 1.29 is 0 Å². The molecule has 1 aliphatic carbocycles. The highest BCUT2D eigenvalue weighted by Crippen LogP contribution is 2.35. The molecule has 1 fully saturated rings. The highest BCUT2D eigenvalue weighted by Gasteiger charge is 2.36. The minimum absolute atomic E-state index is 0.0525. The molecule has 0 aromatic carbocycles. The molecular weight excluding hydrogens is 200 g/mol. The summed E-state index contributed by atoms with van der Waals surface area (Å²) < 4.78 is 1.75. The predicted molar refractivity (Wildman–Crippen MR) is 63.9 cm³/mol. The fraction of sp³-hybridized carbons (Fsp3) is 0.833. The third kappa shape index (κ3) is 2.26. The molecule has 1 aliphatic rings. The first-order valence-electron chi connectivity index (χ1n) is 6.28. The predicted octanol–water partition coefficient (Wildman–Crippen LogP) is 1.66. The number of aromatic nitrogens is 3. The Morgan fingerprint density at radius 2 is 2.38 bits per heavy atom. The van der Waals surface area contributed by atoms with Crippen LogP contribution in [-0.4, -0.2) is 20.5 Å². The molecular formula is C12H22N4. The molecule has 1 heterocycles. The molecule has 1 saturated carbocycles. The maximum absolute atomic E-state index is 6.58. The molecule has 0 bridgehead atoms. The zero-order chi connectivity index (χ0) is 11.6. The van der Waals surface area contributed by atoms with Crippen LogP contribution in [0, 0.1) is 5.92 Å². The first kappa shape index (κ1) is 11.6. The van der Waals surface area contributed by atoms with Crippen molar-refractivity contribution in [3.05, 3.63) is 11.9 Å². The Bertz CT molecular complexity index is 347. The van der Waals surface area contributed by atoms with E-state index in [0.717, 1.165) is 18.5 Å². The molecule has 0 saturated heterocycles. The molecule has 1 aromatic rings. The average Bonchev–Trinajstić information content (AvgIpc) is 2.64. The summed E-state index contributed by atoms with van der Waals surface area (Å²) in [4.78, 5) is 0. The fourth-order valence-corrected chi connectivity index (χ4v) is 2.99. The van der Waals surface area contributed by atoms with Crippen LogP contribution in [0.3, 0.4) is 0 Å². The lowest BCUT2D eigenvalue weighted by Crippen LogP contribution is -2.50. The highest BCUT2D eigenvalue weighted by atomic mass is 15.4. The van der Waals surface area contributed by atoms with E-state index in [2.05, 4.69) is 17.2 Å². The maximum Gasteiger partial charge on any atom is 0.0845 e. The summed E-state index contributed by atoms with van der Waals surface area (Å²) in [5.74, 6) is 0.642. The largest absolute Gasteiger partial charge is 0.324 e. The Labute approximate surface area is 97.2 Å². The summed E-state index contributed by atoms with van der Waals surface area (Å²) in [6.07, 6.45) is 9.02. The third-order valence-electron chi connectivity index (χ3n) is 3.91. The quantitative estimate of drug-likeness (QED) is 0.846. The van der Waals surface area contributed by atoms with Gasteiger partial charge in [-0.3, -0.25) is 4.68 Å². The van der Waals surface area contributed by atoms with Crippen molar-refractivity contribution in [1.29, 1.82) is 0 Å². The number of aryl methyl sites for hydroxylation is 1. The number of rotatable bonds is 3. The van der Waals surface area contributed by atoms with Crippen LogP contribution in [-0.2, 0) is 13.5 Å².